The molecular formula is C10H11FO. The minimum Gasteiger partial charge on any atom is -0.396 e. The largest absolute Gasteiger partial charge is 0.396 e. The van der Waals surface area contributed by atoms with Gasteiger partial charge in [-0.05, 0) is 24.1 Å². The van der Waals surface area contributed by atoms with Gasteiger partial charge in [0.1, 0.15) is 5.82 Å². The van der Waals surface area contributed by atoms with Crippen molar-refractivity contribution in [3.8, 4) is 0 Å². The fraction of sp³-hybridized carbons (Fsp3) is 0.200. The number of halogens is 1. The quantitative estimate of drug-likeness (QED) is 0.730. The van der Waals surface area contributed by atoms with Crippen LogP contribution in [0.25, 0.3) is 6.08 Å². The van der Waals surface area contributed by atoms with E-state index in [-0.39, 0.29) is 12.4 Å². The van der Waals surface area contributed by atoms with Crippen molar-refractivity contribution < 1.29 is 9.50 Å². The highest BCUT2D eigenvalue weighted by Crippen LogP contribution is 2.04. The van der Waals surface area contributed by atoms with E-state index in [2.05, 4.69) is 0 Å². The summed E-state index contributed by atoms with van der Waals surface area (Å²) in [5.74, 6) is -0.227. The lowest BCUT2D eigenvalue weighted by molar-refractivity contribution is 0.303. The minimum absolute atomic E-state index is 0.150. The molecule has 0 bridgehead atoms. The highest BCUT2D eigenvalue weighted by molar-refractivity contribution is 5.48. The first-order chi connectivity index (χ1) is 5.83. The van der Waals surface area contributed by atoms with Crippen LogP contribution in [-0.4, -0.2) is 11.7 Å². The van der Waals surface area contributed by atoms with Gasteiger partial charge in [-0.1, -0.05) is 24.3 Å². The molecule has 64 valence electrons. The average Bonchev–Trinajstić information content (AvgIpc) is 2.09. The van der Waals surface area contributed by atoms with Crippen LogP contribution in [0.5, 0.6) is 0 Å². The predicted molar refractivity (Wildman–Crippen MR) is 47.1 cm³/mol. The van der Waals surface area contributed by atoms with Crippen LogP contribution >= 0.6 is 0 Å². The maximum Gasteiger partial charge on any atom is 0.123 e. The Kier molecular flexibility index (Phi) is 3.48. The van der Waals surface area contributed by atoms with Gasteiger partial charge < -0.3 is 5.11 Å². The predicted octanol–water partition coefficient (Wildman–Crippen LogP) is 2.22. The minimum atomic E-state index is -0.227. The van der Waals surface area contributed by atoms with Crippen molar-refractivity contribution in [2.75, 3.05) is 6.61 Å². The van der Waals surface area contributed by atoms with Gasteiger partial charge in [-0.3, -0.25) is 0 Å². The Balaban J connectivity index is 2.58. The number of rotatable bonds is 3. The van der Waals surface area contributed by atoms with Gasteiger partial charge in [-0.15, -0.1) is 0 Å². The van der Waals surface area contributed by atoms with Crippen molar-refractivity contribution in [1.29, 1.82) is 0 Å². The number of hydrogen-bond acceptors (Lipinski definition) is 1. The second-order valence-electron chi connectivity index (χ2n) is 2.47. The van der Waals surface area contributed by atoms with E-state index in [1.165, 1.54) is 12.1 Å². The molecule has 0 aromatic heterocycles. The molecule has 0 amide bonds. The van der Waals surface area contributed by atoms with E-state index in [9.17, 15) is 4.39 Å². The first-order valence-corrected chi connectivity index (χ1v) is 3.86. The fourth-order valence-electron chi connectivity index (χ4n) is 0.868. The number of aliphatic hydroxyl groups excluding tert-OH is 1. The van der Waals surface area contributed by atoms with Gasteiger partial charge in [0, 0.05) is 6.61 Å². The highest BCUT2D eigenvalue weighted by Gasteiger charge is 1.87. The lowest BCUT2D eigenvalue weighted by atomic mass is 10.2. The van der Waals surface area contributed by atoms with Crippen molar-refractivity contribution >= 4 is 6.08 Å². The first kappa shape index (κ1) is 8.94. The van der Waals surface area contributed by atoms with Crippen LogP contribution < -0.4 is 0 Å². The summed E-state index contributed by atoms with van der Waals surface area (Å²) >= 11 is 0. The van der Waals surface area contributed by atoms with E-state index in [1.807, 2.05) is 12.2 Å². The van der Waals surface area contributed by atoms with E-state index in [1.54, 1.807) is 12.1 Å². The number of aliphatic hydroxyl groups is 1. The summed E-state index contributed by atoms with van der Waals surface area (Å²) in [4.78, 5) is 0. The molecule has 0 saturated carbocycles. The summed E-state index contributed by atoms with van der Waals surface area (Å²) in [6, 6.07) is 6.23. The number of hydrogen-bond donors (Lipinski definition) is 1. The van der Waals surface area contributed by atoms with Crippen LogP contribution in [0.2, 0.25) is 0 Å². The van der Waals surface area contributed by atoms with Crippen LogP contribution in [0.4, 0.5) is 4.39 Å². The SMILES string of the molecule is OCCC=Cc1ccc(F)cc1. The van der Waals surface area contributed by atoms with Crippen LogP contribution in [0, 0.1) is 5.82 Å². The molecule has 0 spiro atoms. The molecule has 1 rings (SSSR count). The topological polar surface area (TPSA) is 20.2 Å². The Labute approximate surface area is 71.2 Å². The number of benzene rings is 1. The van der Waals surface area contributed by atoms with Gasteiger partial charge in [0.25, 0.3) is 0 Å². The zero-order valence-corrected chi connectivity index (χ0v) is 6.70. The van der Waals surface area contributed by atoms with Gasteiger partial charge in [-0.2, -0.15) is 0 Å². The van der Waals surface area contributed by atoms with Gasteiger partial charge in [0.15, 0.2) is 0 Å². The Bertz CT molecular complexity index is 251. The molecule has 0 aliphatic carbocycles. The first-order valence-electron chi connectivity index (χ1n) is 3.86. The second kappa shape index (κ2) is 4.67. The zero-order valence-electron chi connectivity index (χ0n) is 6.70. The second-order valence-corrected chi connectivity index (χ2v) is 2.47. The van der Waals surface area contributed by atoms with E-state index in [4.69, 9.17) is 5.11 Å². The summed E-state index contributed by atoms with van der Waals surface area (Å²) in [5.41, 5.74) is 0.949. The Morgan fingerprint density at radius 1 is 1.25 bits per heavy atom. The Morgan fingerprint density at radius 3 is 2.50 bits per heavy atom. The molecule has 1 nitrogen and oxygen atoms in total. The van der Waals surface area contributed by atoms with E-state index >= 15 is 0 Å². The summed E-state index contributed by atoms with van der Waals surface area (Å²) in [5, 5.41) is 8.48. The van der Waals surface area contributed by atoms with Crippen molar-refractivity contribution in [2.45, 2.75) is 6.42 Å². The maximum atomic E-state index is 12.4. The standard InChI is InChI=1S/C10H11FO/c11-10-6-4-9(5-7-10)3-1-2-8-12/h1,3-7,12H,2,8H2. The van der Waals surface area contributed by atoms with E-state index in [0.29, 0.717) is 6.42 Å². The molecule has 1 aromatic rings. The third kappa shape index (κ3) is 2.84. The third-order valence-corrected chi connectivity index (χ3v) is 1.48. The van der Waals surface area contributed by atoms with Crippen LogP contribution in [-0.2, 0) is 0 Å². The Hall–Kier alpha value is -1.15. The molecule has 12 heavy (non-hydrogen) atoms. The summed E-state index contributed by atoms with van der Waals surface area (Å²) in [6.07, 6.45) is 4.35. The van der Waals surface area contributed by atoms with Gasteiger partial charge >= 0.3 is 0 Å². The monoisotopic (exact) mass is 166 g/mol. The van der Waals surface area contributed by atoms with Gasteiger partial charge in [0.05, 0.1) is 0 Å². The average molecular weight is 166 g/mol. The van der Waals surface area contributed by atoms with Gasteiger partial charge in [-0.25, -0.2) is 4.39 Å². The molecular weight excluding hydrogens is 155 g/mol. The van der Waals surface area contributed by atoms with E-state index < -0.39 is 0 Å². The zero-order chi connectivity index (χ0) is 8.81. The lowest BCUT2D eigenvalue weighted by Crippen LogP contribution is -1.77. The van der Waals surface area contributed by atoms with Crippen LogP contribution in [0.3, 0.4) is 0 Å². The maximum absolute atomic E-state index is 12.4. The molecule has 0 radical (unpaired) electrons. The molecule has 0 aliphatic heterocycles. The molecule has 0 atom stereocenters. The molecule has 0 fully saturated rings. The summed E-state index contributed by atoms with van der Waals surface area (Å²) in [7, 11) is 0. The van der Waals surface area contributed by atoms with Crippen molar-refractivity contribution in [3.63, 3.8) is 0 Å². The molecule has 0 aliphatic rings. The highest BCUT2D eigenvalue weighted by atomic mass is 19.1. The molecule has 1 N–H and O–H groups in total. The Morgan fingerprint density at radius 2 is 1.92 bits per heavy atom. The lowest BCUT2D eigenvalue weighted by Gasteiger charge is -1.91. The summed E-state index contributed by atoms with van der Waals surface area (Å²) in [6.45, 7) is 0.150. The van der Waals surface area contributed by atoms with Gasteiger partial charge in [0.2, 0.25) is 0 Å². The van der Waals surface area contributed by atoms with Crippen LogP contribution in [0.15, 0.2) is 30.3 Å². The third-order valence-electron chi connectivity index (χ3n) is 1.48. The van der Waals surface area contributed by atoms with Crippen molar-refractivity contribution in [2.24, 2.45) is 0 Å². The molecule has 0 saturated heterocycles. The molecule has 2 heteroatoms. The van der Waals surface area contributed by atoms with Crippen LogP contribution in [0.1, 0.15) is 12.0 Å². The molecule has 0 heterocycles. The smallest absolute Gasteiger partial charge is 0.123 e. The van der Waals surface area contributed by atoms with Crippen molar-refractivity contribution in [3.05, 3.63) is 41.7 Å². The fourth-order valence-corrected chi connectivity index (χ4v) is 0.868. The summed E-state index contributed by atoms with van der Waals surface area (Å²) < 4.78 is 12.4. The van der Waals surface area contributed by atoms with Crippen molar-refractivity contribution in [1.82, 2.24) is 0 Å². The molecule has 0 unspecified atom stereocenters. The molecule has 1 aromatic carbocycles. The normalized spacial score (nSPS) is 10.8. The van der Waals surface area contributed by atoms with E-state index in [0.717, 1.165) is 5.56 Å².